The summed E-state index contributed by atoms with van der Waals surface area (Å²) in [7, 11) is 0. The lowest BCUT2D eigenvalue weighted by molar-refractivity contribution is -0.158. The van der Waals surface area contributed by atoms with Crippen molar-refractivity contribution in [3.8, 4) is 0 Å². The number of nitrogens with one attached hydrogen (secondary N) is 1. The van der Waals surface area contributed by atoms with Gasteiger partial charge in [-0.3, -0.25) is 24.6 Å². The van der Waals surface area contributed by atoms with Crippen molar-refractivity contribution in [3.63, 3.8) is 0 Å². The van der Waals surface area contributed by atoms with E-state index in [2.05, 4.69) is 15.9 Å². The highest BCUT2D eigenvalue weighted by Crippen LogP contribution is 2.49. The number of ether oxygens (including phenoxy) is 4. The highest BCUT2D eigenvalue weighted by atomic mass is 79.9. The monoisotopic (exact) mass is 1110 g/mol. The van der Waals surface area contributed by atoms with Gasteiger partial charge in [-0.25, -0.2) is 33.2 Å². The molecule has 0 saturated carbocycles. The van der Waals surface area contributed by atoms with Gasteiger partial charge in [0, 0.05) is 35.1 Å². The number of nitrogens with zero attached hydrogens (tertiary/aromatic N) is 3. The van der Waals surface area contributed by atoms with Crippen LogP contribution in [0.3, 0.4) is 0 Å². The van der Waals surface area contributed by atoms with Gasteiger partial charge in [-0.15, -0.1) is 0 Å². The maximum atomic E-state index is 15.9. The summed E-state index contributed by atoms with van der Waals surface area (Å²) in [6.07, 6.45) is -1.22. The quantitative estimate of drug-likeness (QED) is 0.0831. The van der Waals surface area contributed by atoms with Crippen LogP contribution in [0, 0.1) is 17.0 Å². The standard InChI is InChI=1S/C30H27FN2O5.C17H17BrFNO5.C13H11N/c1-29(2,3)37-24(34)18-33-27(35)30(38-28(33)36)17-16-21-22(30)14-15-23(25(21)31)32-26(19-10-6-4-7-11-19)20-12-8-5-9-13-20;1-16(2,3)24-12(21)8-20-14(22)17(25-15(20)23)7-6-9-10(17)4-5-11(18)13(9)19;14-13(11-7-3-1-4-8-11)12-9-5-2-6-10-12/h4-15H,16-18H2,1-3H3;4-5H,6-8H2,1-3H3;1-10,14H. The van der Waals surface area contributed by atoms with Crippen LogP contribution in [0.5, 0.6) is 0 Å². The Labute approximate surface area is 452 Å². The van der Waals surface area contributed by atoms with Gasteiger partial charge in [0.05, 0.1) is 21.6 Å². The number of rotatable bonds is 9. The zero-order valence-electron chi connectivity index (χ0n) is 43.2. The Morgan fingerprint density at radius 2 is 0.935 bits per heavy atom. The van der Waals surface area contributed by atoms with Crippen molar-refractivity contribution in [1.29, 1.82) is 5.41 Å². The van der Waals surface area contributed by atoms with Gasteiger partial charge < -0.3 is 18.9 Å². The number of carbonyl (C=O) groups excluding carboxylic acids is 6. The van der Waals surface area contributed by atoms with Gasteiger partial charge in [0.2, 0.25) is 11.2 Å². The normalized spacial score (nSPS) is 18.1. The molecule has 77 heavy (non-hydrogen) atoms. The van der Waals surface area contributed by atoms with Crippen LogP contribution < -0.4 is 0 Å². The minimum Gasteiger partial charge on any atom is -0.459 e. The zero-order chi connectivity index (χ0) is 55.5. The van der Waals surface area contributed by atoms with Crippen LogP contribution in [0.4, 0.5) is 24.1 Å². The predicted octanol–water partition coefficient (Wildman–Crippen LogP) is 11.6. The van der Waals surface area contributed by atoms with Crippen molar-refractivity contribution in [1.82, 2.24) is 9.80 Å². The average molecular weight is 1110 g/mol. The summed E-state index contributed by atoms with van der Waals surface area (Å²) in [6, 6.07) is 44.6. The van der Waals surface area contributed by atoms with Gasteiger partial charge in [-0.1, -0.05) is 133 Å². The van der Waals surface area contributed by atoms with E-state index in [1.54, 1.807) is 53.7 Å². The van der Waals surface area contributed by atoms with Gasteiger partial charge in [0.15, 0.2) is 5.82 Å². The van der Waals surface area contributed by atoms with E-state index in [1.807, 2.05) is 121 Å². The van der Waals surface area contributed by atoms with Crippen molar-refractivity contribution in [2.45, 2.75) is 89.6 Å². The van der Waals surface area contributed by atoms with Crippen LogP contribution in [0.15, 0.2) is 155 Å². The lowest BCUT2D eigenvalue weighted by atomic mass is 9.94. The molecular weight excluding hydrogens is 1050 g/mol. The van der Waals surface area contributed by atoms with Gasteiger partial charge >= 0.3 is 24.1 Å². The fraction of sp³-hybridized carbons (Fsp3) is 0.267. The number of fused-ring (bicyclic) bond motifs is 4. The first kappa shape index (κ1) is 55.1. The van der Waals surface area contributed by atoms with E-state index in [1.165, 1.54) is 12.1 Å². The number of halogens is 3. The average Bonchev–Trinajstić information content (AvgIpc) is 4.22. The fourth-order valence-electron chi connectivity index (χ4n) is 9.42. The Morgan fingerprint density at radius 3 is 1.32 bits per heavy atom. The Bertz CT molecular complexity index is 3230. The minimum atomic E-state index is -1.67. The van der Waals surface area contributed by atoms with E-state index < -0.39 is 83.1 Å². The molecule has 2 aliphatic heterocycles. The van der Waals surface area contributed by atoms with E-state index in [9.17, 15) is 33.2 Å². The number of hydrogen-bond donors (Lipinski definition) is 1. The van der Waals surface area contributed by atoms with E-state index in [0.29, 0.717) is 22.6 Å². The summed E-state index contributed by atoms with van der Waals surface area (Å²) in [5.41, 5.74) is 1.34. The van der Waals surface area contributed by atoms with Crippen LogP contribution >= 0.6 is 15.9 Å². The Morgan fingerprint density at radius 1 is 0.571 bits per heavy atom. The van der Waals surface area contributed by atoms with Crippen molar-refractivity contribution < 1.29 is 56.5 Å². The van der Waals surface area contributed by atoms with Gasteiger partial charge in [-0.05, 0) is 105 Å². The van der Waals surface area contributed by atoms with Gasteiger partial charge in [-0.2, -0.15) is 0 Å². The fourth-order valence-corrected chi connectivity index (χ4v) is 9.79. The first-order chi connectivity index (χ1) is 36.5. The molecule has 2 atom stereocenters. The lowest BCUT2D eigenvalue weighted by Crippen LogP contribution is -2.41. The topological polar surface area (TPSA) is 182 Å². The number of benzene rings is 6. The molecular formula is C60H55BrF2N4O10. The Balaban J connectivity index is 0.000000171. The van der Waals surface area contributed by atoms with Crippen molar-refractivity contribution in [3.05, 3.63) is 206 Å². The molecule has 14 nitrogen and oxygen atoms in total. The molecule has 6 aromatic rings. The van der Waals surface area contributed by atoms with Gasteiger partial charge in [0.25, 0.3) is 11.8 Å². The molecule has 4 aliphatic rings. The SMILES string of the molecule is CC(C)(C)OC(=O)CN1C(=O)OC2(CCc3c2ccc(Br)c3F)C1=O.CC(C)(C)OC(=O)CN1C(=O)OC2(CCc3c2ccc(N=C(c2ccccc2)c2ccccc2)c3F)C1=O.N=C(c1ccccc1)c1ccccc1. The summed E-state index contributed by atoms with van der Waals surface area (Å²) < 4.78 is 51.7. The van der Waals surface area contributed by atoms with E-state index >= 15 is 4.39 Å². The largest absolute Gasteiger partial charge is 0.459 e. The molecule has 4 amide bonds. The smallest absolute Gasteiger partial charge is 0.418 e. The second kappa shape index (κ2) is 22.2. The number of amides is 4. The van der Waals surface area contributed by atoms with Crippen LogP contribution in [0.1, 0.15) is 98.9 Å². The molecule has 2 heterocycles. The molecule has 0 bridgehead atoms. The number of aliphatic imine (C=N–C) groups is 1. The van der Waals surface area contributed by atoms with Crippen molar-refractivity contribution in [2.75, 3.05) is 13.1 Å². The predicted molar refractivity (Wildman–Crippen MR) is 286 cm³/mol. The summed E-state index contributed by atoms with van der Waals surface area (Å²) >= 11 is 3.11. The van der Waals surface area contributed by atoms with Crippen molar-refractivity contribution in [2.24, 2.45) is 4.99 Å². The molecule has 0 aromatic heterocycles. The first-order valence-electron chi connectivity index (χ1n) is 24.7. The molecule has 2 saturated heterocycles. The number of hydrogen-bond acceptors (Lipinski definition) is 12. The first-order valence-corrected chi connectivity index (χ1v) is 25.5. The molecule has 6 aromatic carbocycles. The summed E-state index contributed by atoms with van der Waals surface area (Å²) in [4.78, 5) is 81.4. The van der Waals surface area contributed by atoms with E-state index in [4.69, 9.17) is 29.3 Å². The summed E-state index contributed by atoms with van der Waals surface area (Å²) in [5.74, 6) is -3.85. The van der Waals surface area contributed by atoms with Crippen LogP contribution in [0.2, 0.25) is 0 Å². The second-order valence-corrected chi connectivity index (χ2v) is 21.3. The molecule has 2 fully saturated rings. The molecule has 2 aliphatic carbocycles. The number of carbonyl (C=O) groups is 6. The van der Waals surface area contributed by atoms with Gasteiger partial charge in [0.1, 0.15) is 30.1 Å². The minimum absolute atomic E-state index is 0.0754. The second-order valence-electron chi connectivity index (χ2n) is 20.5. The molecule has 396 valence electrons. The third-order valence-corrected chi connectivity index (χ3v) is 13.4. The third kappa shape index (κ3) is 11.8. The molecule has 10 rings (SSSR count). The molecule has 17 heteroatoms. The highest BCUT2D eigenvalue weighted by Gasteiger charge is 2.60. The van der Waals surface area contributed by atoms with Crippen LogP contribution in [-0.2, 0) is 62.2 Å². The van der Waals surface area contributed by atoms with Crippen molar-refractivity contribution >= 4 is 69.0 Å². The maximum Gasteiger partial charge on any atom is 0.418 e. The third-order valence-electron chi connectivity index (χ3n) is 12.8. The summed E-state index contributed by atoms with van der Waals surface area (Å²) in [5, 5.41) is 7.97. The lowest BCUT2D eigenvalue weighted by Gasteiger charge is -2.22. The number of imide groups is 2. The highest BCUT2D eigenvalue weighted by molar-refractivity contribution is 9.10. The summed E-state index contributed by atoms with van der Waals surface area (Å²) in [6.45, 7) is 9.01. The maximum absolute atomic E-state index is 15.9. The Hall–Kier alpha value is -8.18. The zero-order valence-corrected chi connectivity index (χ0v) is 44.7. The molecule has 2 spiro atoms. The van der Waals surface area contributed by atoms with Crippen LogP contribution in [0.25, 0.3) is 0 Å². The molecule has 0 radical (unpaired) electrons. The molecule has 2 unspecified atom stereocenters. The molecule has 1 N–H and O–H groups in total. The van der Waals surface area contributed by atoms with E-state index in [-0.39, 0.29) is 47.0 Å². The Kier molecular flexibility index (Phi) is 15.9. The number of esters is 2. The van der Waals surface area contributed by atoms with E-state index in [0.717, 1.165) is 32.1 Å². The van der Waals surface area contributed by atoms with Crippen LogP contribution in [-0.4, -0.2) is 81.5 Å².